The van der Waals surface area contributed by atoms with Gasteiger partial charge >= 0.3 is 17.6 Å². The minimum absolute atomic E-state index is 0.0726. The van der Waals surface area contributed by atoms with Gasteiger partial charge < -0.3 is 25.0 Å². The number of aromatic nitrogens is 2. The van der Waals surface area contributed by atoms with E-state index in [2.05, 4.69) is 15.0 Å². The first-order valence-electron chi connectivity index (χ1n) is 8.60. The number of methoxy groups -OCH3 is 1. The molecule has 0 aliphatic carbocycles. The monoisotopic (exact) mass is 425 g/mol. The molecule has 0 bridgehead atoms. The second-order valence-corrected chi connectivity index (χ2v) is 6.36. The van der Waals surface area contributed by atoms with Crippen LogP contribution in [-0.2, 0) is 9.47 Å². The Bertz CT molecular complexity index is 1030. The van der Waals surface area contributed by atoms with Gasteiger partial charge in [0.2, 0.25) is 6.23 Å². The molecule has 30 heavy (non-hydrogen) atoms. The number of aliphatic hydroxyl groups excluding tert-OH is 2. The summed E-state index contributed by atoms with van der Waals surface area (Å²) in [6, 6.07) is 6.66. The van der Waals surface area contributed by atoms with Crippen LogP contribution >= 0.6 is 0 Å². The Balaban J connectivity index is 1.80. The third-order valence-corrected chi connectivity index (χ3v) is 4.43. The summed E-state index contributed by atoms with van der Waals surface area (Å²) in [4.78, 5) is 39.6. The fourth-order valence-corrected chi connectivity index (χ4v) is 2.87. The molecule has 0 unspecified atom stereocenters. The molecule has 1 aliphatic rings. The van der Waals surface area contributed by atoms with Crippen molar-refractivity contribution in [1.82, 2.24) is 9.55 Å². The van der Waals surface area contributed by atoms with Crippen LogP contribution in [0.3, 0.4) is 0 Å². The zero-order valence-corrected chi connectivity index (χ0v) is 15.5. The van der Waals surface area contributed by atoms with Crippen molar-refractivity contribution >= 4 is 17.7 Å². The molecule has 0 saturated carbocycles. The van der Waals surface area contributed by atoms with Crippen LogP contribution in [0, 0.1) is 0 Å². The lowest BCUT2D eigenvalue weighted by Gasteiger charge is -2.21. The number of amides is 1. The third kappa shape index (κ3) is 3.92. The van der Waals surface area contributed by atoms with Crippen molar-refractivity contribution in [3.63, 3.8) is 0 Å². The first kappa shape index (κ1) is 21.5. The normalized spacial score (nSPS) is 22.5. The highest BCUT2D eigenvalue weighted by Crippen LogP contribution is 2.41. The van der Waals surface area contributed by atoms with Gasteiger partial charge in [0.05, 0.1) is 19.3 Å². The number of rotatable bonds is 5. The highest BCUT2D eigenvalue weighted by Gasteiger charge is 2.59. The first-order chi connectivity index (χ1) is 14.2. The molecule has 2 aromatic rings. The van der Waals surface area contributed by atoms with Crippen LogP contribution in [0.5, 0.6) is 0 Å². The Morgan fingerprint density at radius 2 is 2.03 bits per heavy atom. The smallest absolute Gasteiger partial charge is 0.351 e. The zero-order chi connectivity index (χ0) is 22.1. The topological polar surface area (TPSA) is 140 Å². The summed E-state index contributed by atoms with van der Waals surface area (Å²) in [6.45, 7) is -0.867. The minimum Gasteiger partial charge on any atom is -0.465 e. The van der Waals surface area contributed by atoms with E-state index in [1.54, 1.807) is 0 Å². The van der Waals surface area contributed by atoms with Crippen LogP contribution in [-0.4, -0.2) is 63.5 Å². The molecule has 2 heterocycles. The van der Waals surface area contributed by atoms with Gasteiger partial charge in [-0.1, -0.05) is 6.07 Å². The minimum atomic E-state index is -3.85. The zero-order valence-electron chi connectivity index (χ0n) is 15.5. The maximum absolute atomic E-state index is 14.2. The van der Waals surface area contributed by atoms with E-state index in [0.29, 0.717) is 4.57 Å². The van der Waals surface area contributed by atoms with Gasteiger partial charge in [0.1, 0.15) is 11.9 Å². The molecule has 3 N–H and O–H groups in total. The van der Waals surface area contributed by atoms with Crippen molar-refractivity contribution in [3.8, 4) is 0 Å². The predicted molar refractivity (Wildman–Crippen MR) is 96.2 cm³/mol. The summed E-state index contributed by atoms with van der Waals surface area (Å²) in [5, 5.41) is 20.9. The largest absolute Gasteiger partial charge is 0.465 e. The van der Waals surface area contributed by atoms with E-state index in [9.17, 15) is 28.3 Å². The third-order valence-electron chi connectivity index (χ3n) is 4.43. The number of carbonyl (C=O) groups excluding carboxylic acids is 2. The van der Waals surface area contributed by atoms with Gasteiger partial charge in [-0.15, -0.1) is 0 Å². The standard InChI is InChI=1S/C18H17F2N3O7/c1-29-15(27)10-4-2-3-9(7-10)14(26)21-12-5-6-23(17(28)22-12)16-18(19,20)13(25)11(8-24)30-16/h2-7,11,13,16,24-25H,8H2,1H3,(H,21,22,26,28)/t11-,13-,16-/m1/s1. The van der Waals surface area contributed by atoms with E-state index in [0.717, 1.165) is 12.3 Å². The number of carbonyl (C=O) groups is 2. The van der Waals surface area contributed by atoms with Crippen molar-refractivity contribution < 1.29 is 38.1 Å². The molecule has 12 heteroatoms. The van der Waals surface area contributed by atoms with E-state index in [1.807, 2.05) is 0 Å². The fourth-order valence-electron chi connectivity index (χ4n) is 2.87. The van der Waals surface area contributed by atoms with E-state index in [4.69, 9.17) is 9.84 Å². The lowest BCUT2D eigenvalue weighted by molar-refractivity contribution is -0.140. The molecule has 1 aromatic carbocycles. The lowest BCUT2D eigenvalue weighted by atomic mass is 10.1. The van der Waals surface area contributed by atoms with E-state index < -0.39 is 48.5 Å². The average Bonchev–Trinajstić information content (AvgIpc) is 2.96. The van der Waals surface area contributed by atoms with Crippen LogP contribution in [0.2, 0.25) is 0 Å². The SMILES string of the molecule is COC(=O)c1cccc(C(=O)Nc2ccn([C@@H]3O[C@H](CO)[C@@H](O)C3(F)F)c(=O)n2)c1. The number of hydrogen-bond donors (Lipinski definition) is 3. The molecule has 1 aliphatic heterocycles. The maximum Gasteiger partial charge on any atom is 0.351 e. The molecular formula is C18H17F2N3O7. The molecule has 10 nitrogen and oxygen atoms in total. The summed E-state index contributed by atoms with van der Waals surface area (Å²) in [5.41, 5.74) is -0.971. The molecule has 160 valence electrons. The average molecular weight is 425 g/mol. The molecule has 3 atom stereocenters. The molecule has 1 amide bonds. The molecule has 0 spiro atoms. The Morgan fingerprint density at radius 3 is 2.63 bits per heavy atom. The predicted octanol–water partition coefficient (Wildman–Crippen LogP) is 0.168. The van der Waals surface area contributed by atoms with Crippen molar-refractivity contribution in [2.75, 3.05) is 19.0 Å². The second kappa shape index (κ2) is 8.26. The number of alkyl halides is 2. The fraction of sp³-hybridized carbons (Fsp3) is 0.333. The van der Waals surface area contributed by atoms with Gasteiger partial charge in [-0.25, -0.2) is 9.59 Å². The van der Waals surface area contributed by atoms with Crippen molar-refractivity contribution in [2.24, 2.45) is 0 Å². The van der Waals surface area contributed by atoms with Gasteiger partial charge in [-0.2, -0.15) is 13.8 Å². The number of ether oxygens (including phenoxy) is 2. The Kier molecular flexibility index (Phi) is 5.92. The molecular weight excluding hydrogens is 408 g/mol. The number of halogens is 2. The quantitative estimate of drug-likeness (QED) is 0.576. The Hall–Kier alpha value is -3.22. The van der Waals surface area contributed by atoms with Gasteiger partial charge in [-0.3, -0.25) is 9.36 Å². The number of esters is 1. The van der Waals surface area contributed by atoms with Crippen LogP contribution in [0.1, 0.15) is 26.9 Å². The molecule has 3 rings (SSSR count). The summed E-state index contributed by atoms with van der Waals surface area (Å²) < 4.78 is 38.3. The summed E-state index contributed by atoms with van der Waals surface area (Å²) in [7, 11) is 1.19. The summed E-state index contributed by atoms with van der Waals surface area (Å²) in [6.07, 6.45) is -5.13. The highest BCUT2D eigenvalue weighted by atomic mass is 19.3. The number of nitrogens with one attached hydrogen (secondary N) is 1. The molecule has 0 radical (unpaired) electrons. The van der Waals surface area contributed by atoms with E-state index in [1.165, 1.54) is 31.4 Å². The molecule has 1 fully saturated rings. The Labute approximate surface area is 167 Å². The number of aliphatic hydroxyl groups is 2. The van der Waals surface area contributed by atoms with Gasteiger partial charge in [-0.05, 0) is 24.3 Å². The maximum atomic E-state index is 14.2. The number of benzene rings is 1. The van der Waals surface area contributed by atoms with Crippen LogP contribution in [0.4, 0.5) is 14.6 Å². The molecule has 1 saturated heterocycles. The van der Waals surface area contributed by atoms with Crippen molar-refractivity contribution in [1.29, 1.82) is 0 Å². The van der Waals surface area contributed by atoms with Gasteiger partial charge in [0.15, 0.2) is 6.10 Å². The summed E-state index contributed by atoms with van der Waals surface area (Å²) >= 11 is 0. The Morgan fingerprint density at radius 1 is 1.33 bits per heavy atom. The number of hydrogen-bond acceptors (Lipinski definition) is 8. The van der Waals surface area contributed by atoms with Gasteiger partial charge in [0, 0.05) is 11.8 Å². The van der Waals surface area contributed by atoms with Crippen molar-refractivity contribution in [3.05, 3.63) is 58.1 Å². The first-order valence-corrected chi connectivity index (χ1v) is 8.60. The lowest BCUT2D eigenvalue weighted by Crippen LogP contribution is -2.41. The second-order valence-electron chi connectivity index (χ2n) is 6.36. The number of nitrogens with zero attached hydrogens (tertiary/aromatic N) is 2. The van der Waals surface area contributed by atoms with E-state index >= 15 is 0 Å². The highest BCUT2D eigenvalue weighted by molar-refractivity contribution is 6.05. The van der Waals surface area contributed by atoms with Crippen molar-refractivity contribution in [2.45, 2.75) is 24.4 Å². The van der Waals surface area contributed by atoms with E-state index in [-0.39, 0.29) is 16.9 Å². The van der Waals surface area contributed by atoms with Gasteiger partial charge in [0.25, 0.3) is 5.91 Å². The van der Waals surface area contributed by atoms with Crippen LogP contribution in [0.15, 0.2) is 41.3 Å². The molecule has 1 aromatic heterocycles. The number of anilines is 1. The van der Waals surface area contributed by atoms with Crippen LogP contribution < -0.4 is 11.0 Å². The van der Waals surface area contributed by atoms with Crippen LogP contribution in [0.25, 0.3) is 0 Å². The summed E-state index contributed by atoms with van der Waals surface area (Å²) in [5.74, 6) is -5.43.